The molecule has 0 spiro atoms. The largest absolute Gasteiger partial charge is 0.444 e. The van der Waals surface area contributed by atoms with E-state index in [0.717, 1.165) is 0 Å². The first kappa shape index (κ1) is 20.8. The second-order valence-electron chi connectivity index (χ2n) is 8.34. The molecule has 3 rings (SSSR count). The van der Waals surface area contributed by atoms with Crippen molar-refractivity contribution in [2.24, 2.45) is 0 Å². The fourth-order valence-corrected chi connectivity index (χ4v) is 3.28. The molecular formula is C21H26FN3O4. The molecule has 2 aromatic rings. The van der Waals surface area contributed by atoms with Gasteiger partial charge in [-0.2, -0.15) is 0 Å². The van der Waals surface area contributed by atoms with Crippen molar-refractivity contribution in [1.29, 1.82) is 0 Å². The summed E-state index contributed by atoms with van der Waals surface area (Å²) < 4.78 is 24.6. The summed E-state index contributed by atoms with van der Waals surface area (Å²) in [5.41, 5.74) is 0.987. The van der Waals surface area contributed by atoms with E-state index < -0.39 is 17.5 Å². The Morgan fingerprint density at radius 3 is 2.66 bits per heavy atom. The van der Waals surface area contributed by atoms with Gasteiger partial charge in [-0.05, 0) is 52.3 Å². The van der Waals surface area contributed by atoms with Crippen LogP contribution in [0.3, 0.4) is 0 Å². The number of benzene rings is 1. The minimum Gasteiger partial charge on any atom is -0.444 e. The Labute approximate surface area is 169 Å². The summed E-state index contributed by atoms with van der Waals surface area (Å²) in [7, 11) is 0. The average Bonchev–Trinajstić information content (AvgIpc) is 2.94. The van der Waals surface area contributed by atoms with Crippen LogP contribution in [0.2, 0.25) is 0 Å². The topological polar surface area (TPSA) is 75.9 Å². The Hall–Kier alpha value is -2.90. The van der Waals surface area contributed by atoms with Gasteiger partial charge in [0.1, 0.15) is 17.2 Å². The number of aryl methyl sites for hydroxylation is 1. The van der Waals surface area contributed by atoms with Crippen molar-refractivity contribution in [2.75, 3.05) is 11.4 Å². The van der Waals surface area contributed by atoms with E-state index in [0.29, 0.717) is 22.7 Å². The number of anilines is 1. The molecule has 156 valence electrons. The molecule has 0 unspecified atom stereocenters. The van der Waals surface area contributed by atoms with Crippen molar-refractivity contribution in [2.45, 2.75) is 59.2 Å². The van der Waals surface area contributed by atoms with Crippen molar-refractivity contribution in [3.05, 3.63) is 47.1 Å². The van der Waals surface area contributed by atoms with Gasteiger partial charge in [0.15, 0.2) is 0 Å². The number of hydrogen-bond acceptors (Lipinski definition) is 5. The quantitative estimate of drug-likeness (QED) is 0.762. The zero-order valence-electron chi connectivity index (χ0n) is 17.4. The number of hydrogen-bond donors (Lipinski definition) is 0. The van der Waals surface area contributed by atoms with Crippen LogP contribution in [0.1, 0.15) is 44.7 Å². The van der Waals surface area contributed by atoms with Gasteiger partial charge < -0.3 is 14.2 Å². The highest BCUT2D eigenvalue weighted by atomic mass is 19.1. The van der Waals surface area contributed by atoms with Gasteiger partial charge in [0, 0.05) is 12.6 Å². The van der Waals surface area contributed by atoms with E-state index in [1.807, 2.05) is 6.92 Å². The predicted molar refractivity (Wildman–Crippen MR) is 105 cm³/mol. The number of aromatic nitrogens is 1. The Kier molecular flexibility index (Phi) is 5.64. The van der Waals surface area contributed by atoms with E-state index in [1.54, 1.807) is 44.7 Å². The van der Waals surface area contributed by atoms with Gasteiger partial charge in [-0.3, -0.25) is 9.69 Å². The lowest BCUT2D eigenvalue weighted by atomic mass is 10.1. The van der Waals surface area contributed by atoms with Crippen LogP contribution in [0.25, 0.3) is 0 Å². The Morgan fingerprint density at radius 1 is 1.31 bits per heavy atom. The lowest BCUT2D eigenvalue weighted by Crippen LogP contribution is -2.46. The molecule has 1 aromatic carbocycles. The van der Waals surface area contributed by atoms with Gasteiger partial charge in [0.05, 0.1) is 30.4 Å². The minimum absolute atomic E-state index is 0.0203. The van der Waals surface area contributed by atoms with E-state index in [1.165, 1.54) is 17.0 Å². The number of halogens is 1. The molecule has 8 heteroatoms. The van der Waals surface area contributed by atoms with Crippen molar-refractivity contribution in [3.63, 3.8) is 0 Å². The number of fused-ring (bicyclic) bond motifs is 1. The zero-order valence-corrected chi connectivity index (χ0v) is 17.4. The zero-order chi connectivity index (χ0) is 21.3. The van der Waals surface area contributed by atoms with Crippen molar-refractivity contribution in [3.8, 4) is 0 Å². The molecule has 1 aliphatic rings. The first-order valence-electron chi connectivity index (χ1n) is 9.54. The lowest BCUT2D eigenvalue weighted by Gasteiger charge is -2.31. The molecule has 0 saturated carbocycles. The normalized spacial score (nSPS) is 17.0. The number of ether oxygens (including phenoxy) is 1. The summed E-state index contributed by atoms with van der Waals surface area (Å²) in [5.74, 6) is -0.0835. The van der Waals surface area contributed by atoms with E-state index >= 15 is 0 Å². The van der Waals surface area contributed by atoms with E-state index in [9.17, 15) is 14.0 Å². The molecule has 1 aromatic heterocycles. The molecule has 0 saturated heterocycles. The summed E-state index contributed by atoms with van der Waals surface area (Å²) >= 11 is 0. The second kappa shape index (κ2) is 7.85. The number of rotatable bonds is 2. The maximum Gasteiger partial charge on any atom is 0.410 e. The molecule has 0 aliphatic carbocycles. The van der Waals surface area contributed by atoms with Crippen LogP contribution in [-0.4, -0.2) is 40.2 Å². The summed E-state index contributed by atoms with van der Waals surface area (Å²) in [6.45, 7) is 9.42. The average molecular weight is 403 g/mol. The van der Waals surface area contributed by atoms with Crippen molar-refractivity contribution >= 4 is 17.7 Å². The summed E-state index contributed by atoms with van der Waals surface area (Å²) in [4.78, 5) is 28.8. The van der Waals surface area contributed by atoms with E-state index in [4.69, 9.17) is 9.26 Å². The van der Waals surface area contributed by atoms with Gasteiger partial charge >= 0.3 is 6.09 Å². The van der Waals surface area contributed by atoms with Crippen molar-refractivity contribution < 1.29 is 23.2 Å². The second-order valence-corrected chi connectivity index (χ2v) is 8.34. The van der Waals surface area contributed by atoms with Crippen LogP contribution in [0, 0.1) is 12.7 Å². The molecule has 7 nitrogen and oxygen atoms in total. The molecule has 0 fully saturated rings. The fourth-order valence-electron chi connectivity index (χ4n) is 3.28. The summed E-state index contributed by atoms with van der Waals surface area (Å²) in [6, 6.07) is 5.61. The molecule has 0 radical (unpaired) electrons. The van der Waals surface area contributed by atoms with Gasteiger partial charge in [-0.25, -0.2) is 9.18 Å². The third-order valence-electron chi connectivity index (χ3n) is 4.60. The molecule has 2 heterocycles. The minimum atomic E-state index is -0.644. The van der Waals surface area contributed by atoms with E-state index in [2.05, 4.69) is 5.16 Å². The lowest BCUT2D eigenvalue weighted by molar-refractivity contribution is -0.118. The fraction of sp³-hybridized carbons (Fsp3) is 0.476. The molecule has 1 aliphatic heterocycles. The Morgan fingerprint density at radius 2 is 2.03 bits per heavy atom. The smallest absolute Gasteiger partial charge is 0.410 e. The van der Waals surface area contributed by atoms with Gasteiger partial charge in [-0.1, -0.05) is 11.2 Å². The predicted octanol–water partition coefficient (Wildman–Crippen LogP) is 3.84. The highest BCUT2D eigenvalue weighted by molar-refractivity contribution is 5.95. The van der Waals surface area contributed by atoms with Gasteiger partial charge in [0.25, 0.3) is 0 Å². The number of nitrogens with zero attached hydrogens (tertiary/aromatic N) is 3. The molecule has 1 atom stereocenters. The Balaban J connectivity index is 1.91. The Bertz CT molecular complexity index is 919. The monoisotopic (exact) mass is 403 g/mol. The van der Waals surface area contributed by atoms with Gasteiger partial charge in [0.2, 0.25) is 5.91 Å². The van der Waals surface area contributed by atoms with Crippen LogP contribution < -0.4 is 4.90 Å². The van der Waals surface area contributed by atoms with Crippen LogP contribution >= 0.6 is 0 Å². The highest BCUT2D eigenvalue weighted by Gasteiger charge is 2.33. The maximum absolute atomic E-state index is 14.0. The number of carbonyl (C=O) groups is 2. The molecular weight excluding hydrogens is 377 g/mol. The highest BCUT2D eigenvalue weighted by Crippen LogP contribution is 2.30. The van der Waals surface area contributed by atoms with Crippen LogP contribution in [0.5, 0.6) is 0 Å². The SMILES string of the molecule is Cc1cc(CC(=O)N2C[C@@H](C)N(C(=O)OC(C)(C)C)Cc3ccc(F)cc32)no1. The van der Waals surface area contributed by atoms with Gasteiger partial charge in [-0.15, -0.1) is 0 Å². The molecule has 0 bridgehead atoms. The molecule has 0 N–H and O–H groups in total. The number of carbonyl (C=O) groups excluding carboxylic acids is 2. The van der Waals surface area contributed by atoms with Crippen molar-refractivity contribution in [1.82, 2.24) is 10.1 Å². The molecule has 2 amide bonds. The van der Waals surface area contributed by atoms with Crippen LogP contribution in [-0.2, 0) is 22.5 Å². The number of amides is 2. The maximum atomic E-state index is 14.0. The van der Waals surface area contributed by atoms with E-state index in [-0.39, 0.29) is 31.5 Å². The standard InChI is InChI=1S/C21H26FN3O4/c1-13-11-25(19(26)10-17-8-14(2)29-23-17)18-9-16(22)7-6-15(18)12-24(13)20(27)28-21(3,4)5/h6-9,13H,10-12H2,1-5H3/t13-/m1/s1. The third-order valence-corrected chi connectivity index (χ3v) is 4.60. The van der Waals surface area contributed by atoms with Crippen LogP contribution in [0.4, 0.5) is 14.9 Å². The first-order valence-corrected chi connectivity index (χ1v) is 9.54. The third kappa shape index (κ3) is 4.93. The van der Waals surface area contributed by atoms with Crippen LogP contribution in [0.15, 0.2) is 28.8 Å². The first-order chi connectivity index (χ1) is 13.5. The summed E-state index contributed by atoms with van der Waals surface area (Å²) in [5, 5.41) is 3.87. The summed E-state index contributed by atoms with van der Waals surface area (Å²) in [6.07, 6.45) is -0.450. The molecule has 29 heavy (non-hydrogen) atoms.